The Labute approximate surface area is 163 Å². The van der Waals surface area contributed by atoms with E-state index in [4.69, 9.17) is 0 Å². The van der Waals surface area contributed by atoms with Gasteiger partial charge >= 0.3 is 0 Å². The predicted molar refractivity (Wildman–Crippen MR) is 117 cm³/mol. The second-order valence-corrected chi connectivity index (χ2v) is 6.21. The van der Waals surface area contributed by atoms with E-state index in [1.807, 2.05) is 50.2 Å². The molecular formula is C24H31Br. The quantitative estimate of drug-likeness (QED) is 0.388. The number of hydrogen-bond donors (Lipinski definition) is 0. The summed E-state index contributed by atoms with van der Waals surface area (Å²) in [4.78, 5) is 0. The molecule has 3 aromatic rings. The van der Waals surface area contributed by atoms with Crippen molar-refractivity contribution >= 4 is 15.9 Å². The molecule has 1 heteroatoms. The molecule has 134 valence electrons. The molecule has 25 heavy (non-hydrogen) atoms. The van der Waals surface area contributed by atoms with Crippen LogP contribution in [0.4, 0.5) is 0 Å². The molecule has 0 nitrogen and oxygen atoms in total. The lowest BCUT2D eigenvalue weighted by atomic mass is 10.2. The molecule has 0 amide bonds. The molecule has 0 aliphatic heterocycles. The minimum absolute atomic E-state index is 1.14. The van der Waals surface area contributed by atoms with Gasteiger partial charge in [0.15, 0.2) is 0 Å². The zero-order chi connectivity index (χ0) is 18.9. The minimum Gasteiger partial charge on any atom is -0.0683 e. The first kappa shape index (κ1) is 23.1. The molecule has 0 bridgehead atoms. The molecule has 0 aliphatic rings. The van der Waals surface area contributed by atoms with Crippen LogP contribution >= 0.6 is 15.9 Å². The molecule has 0 saturated carbocycles. The SMILES string of the molecule is CC.CCc1ccccc1.Cc1ccc(Br)cc1.Cc1ccccc1. The van der Waals surface area contributed by atoms with Crippen LogP contribution < -0.4 is 0 Å². The third-order valence-electron chi connectivity index (χ3n) is 3.20. The van der Waals surface area contributed by atoms with Crippen LogP contribution in [0.2, 0.25) is 0 Å². The lowest BCUT2D eigenvalue weighted by Gasteiger charge is -1.89. The Bertz CT molecular complexity index is 607. The third-order valence-corrected chi connectivity index (χ3v) is 3.73. The average Bonchev–Trinajstić information content (AvgIpc) is 2.68. The second kappa shape index (κ2) is 15.7. The summed E-state index contributed by atoms with van der Waals surface area (Å²) in [7, 11) is 0. The van der Waals surface area contributed by atoms with Crippen LogP contribution in [-0.4, -0.2) is 0 Å². The van der Waals surface area contributed by atoms with Crippen LogP contribution in [0, 0.1) is 13.8 Å². The lowest BCUT2D eigenvalue weighted by Crippen LogP contribution is -1.73. The predicted octanol–water partition coefficient (Wildman–Crippen LogP) is 8.03. The summed E-state index contributed by atoms with van der Waals surface area (Å²) in [5.41, 5.74) is 4.03. The van der Waals surface area contributed by atoms with Crippen LogP contribution in [-0.2, 0) is 6.42 Å². The van der Waals surface area contributed by atoms with Crippen LogP contribution in [0.3, 0.4) is 0 Å². The van der Waals surface area contributed by atoms with E-state index in [1.165, 1.54) is 16.7 Å². The molecule has 3 aromatic carbocycles. The van der Waals surface area contributed by atoms with Crippen molar-refractivity contribution in [2.24, 2.45) is 0 Å². The van der Waals surface area contributed by atoms with E-state index in [2.05, 4.69) is 85.2 Å². The van der Waals surface area contributed by atoms with Crippen molar-refractivity contribution in [3.8, 4) is 0 Å². The summed E-state index contributed by atoms with van der Waals surface area (Å²) >= 11 is 3.35. The average molecular weight is 399 g/mol. The molecule has 0 spiro atoms. The molecule has 0 radical (unpaired) electrons. The molecule has 0 unspecified atom stereocenters. The van der Waals surface area contributed by atoms with E-state index >= 15 is 0 Å². The highest BCUT2D eigenvalue weighted by molar-refractivity contribution is 9.10. The van der Waals surface area contributed by atoms with Crippen LogP contribution in [0.25, 0.3) is 0 Å². The maximum Gasteiger partial charge on any atom is 0.0175 e. The lowest BCUT2D eigenvalue weighted by molar-refractivity contribution is 1.14. The van der Waals surface area contributed by atoms with Crippen molar-refractivity contribution in [3.05, 3.63) is 106 Å². The Morgan fingerprint density at radius 1 is 0.600 bits per heavy atom. The Kier molecular flexibility index (Phi) is 14.5. The van der Waals surface area contributed by atoms with Gasteiger partial charge in [0.05, 0.1) is 0 Å². The molecule has 0 N–H and O–H groups in total. The Hall–Kier alpha value is -1.86. The summed E-state index contributed by atoms with van der Waals surface area (Å²) in [6.07, 6.45) is 1.14. The molecule has 0 atom stereocenters. The van der Waals surface area contributed by atoms with E-state index in [9.17, 15) is 0 Å². The standard InChI is InChI=1S/C8H10.C7H7Br.C7H8.C2H6/c1-2-8-6-4-3-5-7-8;1-6-2-4-7(8)5-3-6;1-7-5-3-2-4-6-7;1-2/h3-7H,2H2,1H3;2-5H,1H3;2-6H,1H3;1-2H3. The Balaban J connectivity index is 0.000000330. The zero-order valence-corrected chi connectivity index (χ0v) is 17.8. The van der Waals surface area contributed by atoms with E-state index < -0.39 is 0 Å². The number of halogens is 1. The largest absolute Gasteiger partial charge is 0.0683 e. The van der Waals surface area contributed by atoms with Gasteiger partial charge in [-0.25, -0.2) is 0 Å². The van der Waals surface area contributed by atoms with Crippen molar-refractivity contribution in [1.29, 1.82) is 0 Å². The normalized spacial score (nSPS) is 8.56. The van der Waals surface area contributed by atoms with Gasteiger partial charge in [0.1, 0.15) is 0 Å². The van der Waals surface area contributed by atoms with E-state index in [-0.39, 0.29) is 0 Å². The van der Waals surface area contributed by atoms with Crippen molar-refractivity contribution < 1.29 is 0 Å². The summed E-state index contributed by atoms with van der Waals surface area (Å²) in [5, 5.41) is 0. The smallest absolute Gasteiger partial charge is 0.0175 e. The van der Waals surface area contributed by atoms with Crippen molar-refractivity contribution in [1.82, 2.24) is 0 Å². The fourth-order valence-electron chi connectivity index (χ4n) is 1.78. The Morgan fingerprint density at radius 2 is 1.00 bits per heavy atom. The van der Waals surface area contributed by atoms with Gasteiger partial charge in [0.25, 0.3) is 0 Å². The maximum absolute atomic E-state index is 3.35. The summed E-state index contributed by atoms with van der Waals surface area (Å²) in [6, 6.07) is 28.9. The van der Waals surface area contributed by atoms with Gasteiger partial charge in [-0.1, -0.05) is 121 Å². The van der Waals surface area contributed by atoms with Crippen LogP contribution in [0.15, 0.2) is 89.4 Å². The number of hydrogen-bond acceptors (Lipinski definition) is 0. The molecule has 0 heterocycles. The second-order valence-electron chi connectivity index (χ2n) is 5.29. The van der Waals surface area contributed by atoms with Gasteiger partial charge < -0.3 is 0 Å². The molecule has 0 fully saturated rings. The summed E-state index contributed by atoms with van der Waals surface area (Å²) < 4.78 is 1.14. The zero-order valence-electron chi connectivity index (χ0n) is 16.2. The van der Waals surface area contributed by atoms with Crippen molar-refractivity contribution in [3.63, 3.8) is 0 Å². The molecule has 3 rings (SSSR count). The minimum atomic E-state index is 1.14. The maximum atomic E-state index is 3.35. The van der Waals surface area contributed by atoms with Crippen molar-refractivity contribution in [2.75, 3.05) is 0 Å². The van der Waals surface area contributed by atoms with Gasteiger partial charge in [-0.2, -0.15) is 0 Å². The van der Waals surface area contributed by atoms with Crippen LogP contribution in [0.5, 0.6) is 0 Å². The van der Waals surface area contributed by atoms with Gasteiger partial charge in [0, 0.05) is 4.47 Å². The molecule has 0 aliphatic carbocycles. The first-order valence-corrected chi connectivity index (χ1v) is 9.69. The van der Waals surface area contributed by atoms with Gasteiger partial charge in [-0.3, -0.25) is 0 Å². The first-order valence-electron chi connectivity index (χ1n) is 8.89. The summed E-state index contributed by atoms with van der Waals surface area (Å²) in [6.45, 7) is 10.3. The Morgan fingerprint density at radius 3 is 1.28 bits per heavy atom. The highest BCUT2D eigenvalue weighted by Gasteiger charge is 1.81. The van der Waals surface area contributed by atoms with E-state index in [0.29, 0.717) is 0 Å². The van der Waals surface area contributed by atoms with Gasteiger partial charge in [-0.05, 0) is 38.0 Å². The molecular weight excluding hydrogens is 368 g/mol. The fraction of sp³-hybridized carbons (Fsp3) is 0.250. The highest BCUT2D eigenvalue weighted by atomic mass is 79.9. The number of aryl methyl sites for hydroxylation is 3. The topological polar surface area (TPSA) is 0 Å². The van der Waals surface area contributed by atoms with Crippen molar-refractivity contribution in [2.45, 2.75) is 41.0 Å². The third kappa shape index (κ3) is 13.1. The molecule has 0 aromatic heterocycles. The first-order chi connectivity index (χ1) is 12.1. The van der Waals surface area contributed by atoms with Gasteiger partial charge in [0.2, 0.25) is 0 Å². The molecule has 0 saturated heterocycles. The monoisotopic (exact) mass is 398 g/mol. The van der Waals surface area contributed by atoms with Gasteiger partial charge in [-0.15, -0.1) is 0 Å². The van der Waals surface area contributed by atoms with E-state index in [0.717, 1.165) is 10.9 Å². The number of benzene rings is 3. The summed E-state index contributed by atoms with van der Waals surface area (Å²) in [5.74, 6) is 0. The highest BCUT2D eigenvalue weighted by Crippen LogP contribution is 2.08. The number of rotatable bonds is 1. The van der Waals surface area contributed by atoms with E-state index in [1.54, 1.807) is 0 Å². The van der Waals surface area contributed by atoms with Crippen LogP contribution in [0.1, 0.15) is 37.5 Å². The fourth-order valence-corrected chi connectivity index (χ4v) is 2.05.